The summed E-state index contributed by atoms with van der Waals surface area (Å²) in [5, 5.41) is 9.29. The van der Waals surface area contributed by atoms with Crippen molar-refractivity contribution in [1.29, 1.82) is 5.26 Å². The maximum atomic E-state index is 9.29. The summed E-state index contributed by atoms with van der Waals surface area (Å²) in [5.41, 5.74) is 3.68. The number of rotatable bonds is 3. The topological polar surface area (TPSA) is 52.8 Å². The Morgan fingerprint density at radius 1 is 1.20 bits per heavy atom. The van der Waals surface area contributed by atoms with E-state index >= 15 is 0 Å². The second-order valence-electron chi connectivity index (χ2n) is 4.84. The fourth-order valence-electron chi connectivity index (χ4n) is 2.68. The normalized spacial score (nSPS) is 12.8. The summed E-state index contributed by atoms with van der Waals surface area (Å²) in [4.78, 5) is 11.2. The lowest BCUT2D eigenvalue weighted by atomic mass is 10.2. The first kappa shape index (κ1) is 12.6. The minimum absolute atomic E-state index is 0.539. The zero-order valence-corrected chi connectivity index (χ0v) is 11.5. The molecule has 0 fully saturated rings. The number of nitrogens with zero attached hydrogens (tertiary/aromatic N) is 4. The summed E-state index contributed by atoms with van der Waals surface area (Å²) in [7, 11) is 0. The van der Waals surface area contributed by atoms with Gasteiger partial charge in [0.25, 0.3) is 0 Å². The van der Waals surface area contributed by atoms with Crippen molar-refractivity contribution in [2.75, 3.05) is 11.4 Å². The fraction of sp³-hybridized carbons (Fsp3) is 0.312. The number of aryl methyl sites for hydroxylation is 1. The number of aromatic nitrogens is 2. The van der Waals surface area contributed by atoms with Crippen LogP contribution in [0, 0.1) is 11.3 Å². The Morgan fingerprint density at radius 3 is 2.70 bits per heavy atom. The van der Waals surface area contributed by atoms with E-state index in [-0.39, 0.29) is 0 Å². The van der Waals surface area contributed by atoms with E-state index in [0.717, 1.165) is 42.8 Å². The van der Waals surface area contributed by atoms with Crippen LogP contribution in [-0.2, 0) is 12.8 Å². The Balaban J connectivity index is 2.08. The molecular formula is C16H16N4. The van der Waals surface area contributed by atoms with Crippen LogP contribution in [0.4, 0.5) is 11.6 Å². The van der Waals surface area contributed by atoms with Crippen LogP contribution in [0.15, 0.2) is 30.3 Å². The highest BCUT2D eigenvalue weighted by atomic mass is 15.3. The molecule has 0 aliphatic heterocycles. The maximum absolute atomic E-state index is 9.29. The van der Waals surface area contributed by atoms with Crippen LogP contribution < -0.4 is 4.90 Å². The average molecular weight is 264 g/mol. The summed E-state index contributed by atoms with van der Waals surface area (Å²) in [6.07, 6.45) is 2.95. The van der Waals surface area contributed by atoms with Crippen molar-refractivity contribution < 1.29 is 0 Å². The Morgan fingerprint density at radius 2 is 2.00 bits per heavy atom. The third kappa shape index (κ3) is 2.12. The molecule has 0 atom stereocenters. The molecule has 2 aromatic rings. The van der Waals surface area contributed by atoms with Crippen LogP contribution in [0.1, 0.15) is 30.3 Å². The minimum Gasteiger partial charge on any atom is -0.311 e. The van der Waals surface area contributed by atoms with Crippen LogP contribution in [0.5, 0.6) is 0 Å². The summed E-state index contributed by atoms with van der Waals surface area (Å²) in [6, 6.07) is 12.3. The number of fused-ring (bicyclic) bond motifs is 1. The molecule has 20 heavy (non-hydrogen) atoms. The third-order valence-corrected chi connectivity index (χ3v) is 3.65. The van der Waals surface area contributed by atoms with Gasteiger partial charge in [-0.3, -0.25) is 0 Å². The van der Waals surface area contributed by atoms with Gasteiger partial charge in [0.05, 0.1) is 5.69 Å². The molecule has 0 bridgehead atoms. The number of hydrogen-bond acceptors (Lipinski definition) is 4. The van der Waals surface area contributed by atoms with Crippen molar-refractivity contribution in [3.63, 3.8) is 0 Å². The Labute approximate surface area is 118 Å². The zero-order valence-electron chi connectivity index (χ0n) is 11.5. The lowest BCUT2D eigenvalue weighted by Crippen LogP contribution is -2.20. The van der Waals surface area contributed by atoms with Crippen molar-refractivity contribution in [2.24, 2.45) is 0 Å². The molecule has 1 aliphatic carbocycles. The summed E-state index contributed by atoms with van der Waals surface area (Å²) < 4.78 is 0. The Hall–Kier alpha value is -2.41. The molecule has 0 radical (unpaired) electrons. The van der Waals surface area contributed by atoms with Crippen molar-refractivity contribution in [3.8, 4) is 6.07 Å². The lowest BCUT2D eigenvalue weighted by Gasteiger charge is -2.21. The summed E-state index contributed by atoms with van der Waals surface area (Å²) >= 11 is 0. The van der Waals surface area contributed by atoms with Gasteiger partial charge in [0.15, 0.2) is 0 Å². The van der Waals surface area contributed by atoms with E-state index in [9.17, 15) is 5.26 Å². The van der Waals surface area contributed by atoms with E-state index in [4.69, 9.17) is 0 Å². The van der Waals surface area contributed by atoms with Crippen LogP contribution in [0.25, 0.3) is 0 Å². The molecule has 4 nitrogen and oxygen atoms in total. The first-order valence-corrected chi connectivity index (χ1v) is 6.96. The molecule has 0 amide bonds. The molecule has 0 saturated heterocycles. The van der Waals surface area contributed by atoms with Crippen molar-refractivity contribution in [1.82, 2.24) is 9.97 Å². The summed E-state index contributed by atoms with van der Waals surface area (Å²) in [6.45, 7) is 2.84. The Bertz CT molecular complexity index is 658. The molecule has 0 unspecified atom stereocenters. The predicted octanol–water partition coefficient (Wildman–Crippen LogP) is 2.99. The van der Waals surface area contributed by atoms with Gasteiger partial charge in [-0.25, -0.2) is 9.97 Å². The minimum atomic E-state index is 0.539. The highest BCUT2D eigenvalue weighted by Gasteiger charge is 2.21. The Kier molecular flexibility index (Phi) is 3.34. The van der Waals surface area contributed by atoms with Crippen molar-refractivity contribution in [3.05, 3.63) is 47.3 Å². The molecule has 1 aliphatic rings. The molecule has 0 N–H and O–H groups in total. The molecule has 1 heterocycles. The molecule has 3 rings (SSSR count). The van der Waals surface area contributed by atoms with Crippen molar-refractivity contribution in [2.45, 2.75) is 26.2 Å². The van der Waals surface area contributed by atoms with E-state index in [2.05, 4.69) is 23.0 Å². The molecule has 1 aromatic carbocycles. The molecule has 100 valence electrons. The first-order chi connectivity index (χ1) is 9.83. The first-order valence-electron chi connectivity index (χ1n) is 6.96. The second-order valence-corrected chi connectivity index (χ2v) is 4.84. The third-order valence-electron chi connectivity index (χ3n) is 3.65. The van der Waals surface area contributed by atoms with Gasteiger partial charge in [-0.15, -0.1) is 0 Å². The number of hydrogen-bond donors (Lipinski definition) is 0. The molecular weight excluding hydrogens is 248 g/mol. The molecule has 1 aromatic heterocycles. The van der Waals surface area contributed by atoms with Crippen LogP contribution in [0.3, 0.4) is 0 Å². The number of benzene rings is 1. The van der Waals surface area contributed by atoms with Gasteiger partial charge in [0.1, 0.15) is 11.8 Å². The largest absolute Gasteiger partial charge is 0.311 e. The molecule has 4 heteroatoms. The summed E-state index contributed by atoms with van der Waals surface area (Å²) in [5.74, 6) is 0.635. The van der Waals surface area contributed by atoms with Gasteiger partial charge in [0.2, 0.25) is 5.95 Å². The van der Waals surface area contributed by atoms with E-state index in [0.29, 0.717) is 11.6 Å². The van der Waals surface area contributed by atoms with Crippen LogP contribution >= 0.6 is 0 Å². The molecule has 0 saturated carbocycles. The van der Waals surface area contributed by atoms with E-state index in [1.807, 2.05) is 35.2 Å². The highest BCUT2D eigenvalue weighted by Crippen LogP contribution is 2.27. The number of anilines is 2. The smallest absolute Gasteiger partial charge is 0.231 e. The number of nitriles is 1. The highest BCUT2D eigenvalue weighted by molar-refractivity contribution is 5.58. The van der Waals surface area contributed by atoms with E-state index in [1.54, 1.807) is 0 Å². The maximum Gasteiger partial charge on any atom is 0.231 e. The monoisotopic (exact) mass is 264 g/mol. The number of para-hydroxylation sites is 1. The van der Waals surface area contributed by atoms with Gasteiger partial charge < -0.3 is 4.90 Å². The van der Waals surface area contributed by atoms with Gasteiger partial charge in [-0.1, -0.05) is 18.2 Å². The zero-order chi connectivity index (χ0) is 13.9. The fourth-order valence-corrected chi connectivity index (χ4v) is 2.68. The predicted molar refractivity (Wildman–Crippen MR) is 77.9 cm³/mol. The van der Waals surface area contributed by atoms with Gasteiger partial charge in [0, 0.05) is 17.8 Å². The van der Waals surface area contributed by atoms with Crippen LogP contribution in [0.2, 0.25) is 0 Å². The van der Waals surface area contributed by atoms with Gasteiger partial charge in [-0.05, 0) is 38.3 Å². The van der Waals surface area contributed by atoms with E-state index in [1.165, 1.54) is 0 Å². The van der Waals surface area contributed by atoms with Crippen molar-refractivity contribution >= 4 is 11.6 Å². The van der Waals surface area contributed by atoms with E-state index < -0.39 is 0 Å². The van der Waals surface area contributed by atoms with Gasteiger partial charge in [-0.2, -0.15) is 5.26 Å². The quantitative estimate of drug-likeness (QED) is 0.855. The average Bonchev–Trinajstić information content (AvgIpc) is 2.97. The SMILES string of the molecule is CCN(c1ccccc1)c1nc(C#N)c2c(n1)CCC2. The standard InChI is InChI=1S/C16H16N4/c1-2-20(12-7-4-3-5-8-12)16-18-14-10-6-9-13(14)15(11-17)19-16/h3-5,7-8H,2,6,9-10H2,1H3. The molecule has 0 spiro atoms. The lowest BCUT2D eigenvalue weighted by molar-refractivity contribution is 0.890. The van der Waals surface area contributed by atoms with Gasteiger partial charge >= 0.3 is 0 Å². The van der Waals surface area contributed by atoms with Crippen LogP contribution in [-0.4, -0.2) is 16.5 Å². The second kappa shape index (κ2) is 5.30.